The minimum absolute atomic E-state index is 0.0485. The van der Waals surface area contributed by atoms with E-state index in [2.05, 4.69) is 12.1 Å². The minimum Gasteiger partial charge on any atom is -0.312 e. The lowest BCUT2D eigenvalue weighted by Gasteiger charge is -2.17. The summed E-state index contributed by atoms with van der Waals surface area (Å²) in [6, 6.07) is 25.5. The standard InChI is InChI=1S/C27H25N3O2/c1-2-29-24-15-9-7-12-20(24)22(27(29)32)18-25-28-23-14-8-6-13-21(23)26(31)30(25)17-16-19-10-4-3-5-11-19/h3-15,22H,2,16-18H2,1H3/t22-/m0/s1. The molecule has 0 bridgehead atoms. The van der Waals surface area contributed by atoms with Crippen LogP contribution in [0, 0.1) is 0 Å². The molecular weight excluding hydrogens is 398 g/mol. The van der Waals surface area contributed by atoms with Crippen molar-refractivity contribution in [3.8, 4) is 0 Å². The molecule has 1 aliphatic rings. The molecule has 0 radical (unpaired) electrons. The fraction of sp³-hybridized carbons (Fsp3) is 0.222. The van der Waals surface area contributed by atoms with Crippen LogP contribution in [0.5, 0.6) is 0 Å². The SMILES string of the molecule is CCN1C(=O)[C@@H](Cc2nc3ccccc3c(=O)n2CCc2ccccc2)c2ccccc21. The van der Waals surface area contributed by atoms with E-state index in [-0.39, 0.29) is 17.4 Å². The van der Waals surface area contributed by atoms with Crippen LogP contribution in [0.15, 0.2) is 83.7 Å². The van der Waals surface area contributed by atoms with Gasteiger partial charge in [0.15, 0.2) is 0 Å². The molecule has 3 aromatic carbocycles. The van der Waals surface area contributed by atoms with E-state index in [0.29, 0.717) is 36.2 Å². The highest BCUT2D eigenvalue weighted by atomic mass is 16.2. The second kappa shape index (κ2) is 8.42. The molecule has 0 spiro atoms. The molecule has 0 saturated heterocycles. The molecule has 1 aromatic heterocycles. The molecule has 0 aliphatic carbocycles. The third-order valence-electron chi connectivity index (χ3n) is 6.28. The number of anilines is 1. The third kappa shape index (κ3) is 3.50. The fourth-order valence-electron chi connectivity index (χ4n) is 4.66. The van der Waals surface area contributed by atoms with Gasteiger partial charge < -0.3 is 4.90 Å². The number of hydrogen-bond donors (Lipinski definition) is 0. The molecular formula is C27H25N3O2. The van der Waals surface area contributed by atoms with Gasteiger partial charge in [0.2, 0.25) is 5.91 Å². The van der Waals surface area contributed by atoms with Crippen LogP contribution in [0.4, 0.5) is 5.69 Å². The number of nitrogens with zero attached hydrogens (tertiary/aromatic N) is 3. The molecule has 4 aromatic rings. The molecule has 32 heavy (non-hydrogen) atoms. The second-order valence-corrected chi connectivity index (χ2v) is 8.14. The number of fused-ring (bicyclic) bond motifs is 2. The smallest absolute Gasteiger partial charge is 0.261 e. The maximum Gasteiger partial charge on any atom is 0.261 e. The van der Waals surface area contributed by atoms with E-state index in [1.165, 1.54) is 0 Å². The number of carbonyl (C=O) groups is 1. The largest absolute Gasteiger partial charge is 0.312 e. The van der Waals surface area contributed by atoms with Gasteiger partial charge in [-0.25, -0.2) is 4.98 Å². The van der Waals surface area contributed by atoms with Gasteiger partial charge in [-0.3, -0.25) is 14.2 Å². The quantitative estimate of drug-likeness (QED) is 0.464. The Kier molecular flexibility index (Phi) is 5.31. The van der Waals surface area contributed by atoms with Gasteiger partial charge in [0.05, 0.1) is 16.8 Å². The highest BCUT2D eigenvalue weighted by Gasteiger charge is 2.37. The number of amides is 1. The lowest BCUT2D eigenvalue weighted by molar-refractivity contribution is -0.119. The molecule has 0 fully saturated rings. The van der Waals surface area contributed by atoms with Crippen LogP contribution in [0.3, 0.4) is 0 Å². The van der Waals surface area contributed by atoms with Crippen LogP contribution in [-0.4, -0.2) is 22.0 Å². The average Bonchev–Trinajstić information content (AvgIpc) is 3.10. The Hall–Kier alpha value is -3.73. The molecule has 1 atom stereocenters. The fourth-order valence-corrected chi connectivity index (χ4v) is 4.66. The van der Waals surface area contributed by atoms with E-state index < -0.39 is 0 Å². The maximum absolute atomic E-state index is 13.4. The minimum atomic E-state index is -0.331. The van der Waals surface area contributed by atoms with E-state index in [4.69, 9.17) is 4.98 Å². The van der Waals surface area contributed by atoms with Crippen molar-refractivity contribution in [3.05, 3.63) is 106 Å². The van der Waals surface area contributed by atoms with Crippen molar-refractivity contribution in [2.45, 2.75) is 32.2 Å². The topological polar surface area (TPSA) is 55.2 Å². The number of para-hydroxylation sites is 2. The Morgan fingerprint density at radius 2 is 1.59 bits per heavy atom. The Bertz CT molecular complexity index is 1340. The van der Waals surface area contributed by atoms with Crippen molar-refractivity contribution >= 4 is 22.5 Å². The summed E-state index contributed by atoms with van der Waals surface area (Å²) in [7, 11) is 0. The van der Waals surface area contributed by atoms with Crippen LogP contribution >= 0.6 is 0 Å². The molecule has 5 nitrogen and oxygen atoms in total. The lowest BCUT2D eigenvalue weighted by Crippen LogP contribution is -2.31. The van der Waals surface area contributed by atoms with Crippen molar-refractivity contribution in [2.75, 3.05) is 11.4 Å². The zero-order valence-corrected chi connectivity index (χ0v) is 18.1. The summed E-state index contributed by atoms with van der Waals surface area (Å²) < 4.78 is 1.76. The third-order valence-corrected chi connectivity index (χ3v) is 6.28. The number of carbonyl (C=O) groups excluding carboxylic acids is 1. The van der Waals surface area contributed by atoms with Gasteiger partial charge in [-0.2, -0.15) is 0 Å². The van der Waals surface area contributed by atoms with Crippen molar-refractivity contribution in [1.82, 2.24) is 9.55 Å². The van der Waals surface area contributed by atoms with Gasteiger partial charge in [-0.05, 0) is 42.7 Å². The Labute approximate surface area is 187 Å². The summed E-state index contributed by atoms with van der Waals surface area (Å²) >= 11 is 0. The van der Waals surface area contributed by atoms with Crippen LogP contribution in [0.25, 0.3) is 10.9 Å². The molecule has 5 rings (SSSR count). The number of benzene rings is 3. The molecule has 2 heterocycles. The van der Waals surface area contributed by atoms with E-state index in [1.807, 2.05) is 78.6 Å². The van der Waals surface area contributed by atoms with Crippen molar-refractivity contribution in [3.63, 3.8) is 0 Å². The van der Waals surface area contributed by atoms with E-state index in [0.717, 1.165) is 23.2 Å². The predicted molar refractivity (Wildman–Crippen MR) is 127 cm³/mol. The Morgan fingerprint density at radius 1 is 0.875 bits per heavy atom. The van der Waals surface area contributed by atoms with Crippen molar-refractivity contribution in [2.24, 2.45) is 0 Å². The second-order valence-electron chi connectivity index (χ2n) is 8.14. The number of hydrogen-bond acceptors (Lipinski definition) is 3. The first kappa shape index (κ1) is 20.2. The summed E-state index contributed by atoms with van der Waals surface area (Å²) in [5.74, 6) is 0.406. The molecule has 5 heteroatoms. The lowest BCUT2D eigenvalue weighted by atomic mass is 9.96. The zero-order valence-electron chi connectivity index (χ0n) is 18.1. The normalized spacial score (nSPS) is 15.3. The summed E-state index contributed by atoms with van der Waals surface area (Å²) in [5.41, 5.74) is 3.76. The van der Waals surface area contributed by atoms with E-state index in [9.17, 15) is 9.59 Å². The molecule has 160 valence electrons. The summed E-state index contributed by atoms with van der Waals surface area (Å²) in [6.45, 7) is 3.13. The van der Waals surface area contributed by atoms with Crippen LogP contribution in [-0.2, 0) is 24.2 Å². The predicted octanol–water partition coefficient (Wildman–Crippen LogP) is 4.33. The van der Waals surface area contributed by atoms with E-state index >= 15 is 0 Å². The number of aryl methyl sites for hydroxylation is 1. The van der Waals surface area contributed by atoms with Crippen LogP contribution in [0.1, 0.15) is 29.8 Å². The molecule has 1 amide bonds. The number of likely N-dealkylation sites (N-methyl/N-ethyl adjacent to an activating group) is 1. The monoisotopic (exact) mass is 423 g/mol. The maximum atomic E-state index is 13.4. The average molecular weight is 424 g/mol. The molecule has 0 unspecified atom stereocenters. The van der Waals surface area contributed by atoms with Gasteiger partial charge in [-0.1, -0.05) is 60.7 Å². The molecule has 1 aliphatic heterocycles. The van der Waals surface area contributed by atoms with Gasteiger partial charge >= 0.3 is 0 Å². The van der Waals surface area contributed by atoms with Gasteiger partial charge in [0, 0.05) is 25.2 Å². The van der Waals surface area contributed by atoms with Crippen molar-refractivity contribution in [1.29, 1.82) is 0 Å². The van der Waals surface area contributed by atoms with E-state index in [1.54, 1.807) is 4.57 Å². The summed E-state index contributed by atoms with van der Waals surface area (Å²) in [6.07, 6.45) is 1.13. The highest BCUT2D eigenvalue weighted by Crippen LogP contribution is 2.38. The van der Waals surface area contributed by atoms with Crippen LogP contribution < -0.4 is 10.5 Å². The van der Waals surface area contributed by atoms with Gasteiger partial charge in [-0.15, -0.1) is 0 Å². The Morgan fingerprint density at radius 3 is 2.41 bits per heavy atom. The number of aromatic nitrogens is 2. The number of rotatable bonds is 6. The summed E-state index contributed by atoms with van der Waals surface area (Å²) in [4.78, 5) is 33.4. The highest BCUT2D eigenvalue weighted by molar-refractivity contribution is 6.05. The Balaban J connectivity index is 1.57. The molecule has 0 N–H and O–H groups in total. The molecule has 0 saturated carbocycles. The summed E-state index contributed by atoms with van der Waals surface area (Å²) in [5, 5.41) is 0.609. The van der Waals surface area contributed by atoms with Crippen LogP contribution in [0.2, 0.25) is 0 Å². The van der Waals surface area contributed by atoms with Gasteiger partial charge in [0.1, 0.15) is 5.82 Å². The first-order chi connectivity index (χ1) is 15.7. The van der Waals surface area contributed by atoms with Gasteiger partial charge in [0.25, 0.3) is 5.56 Å². The first-order valence-electron chi connectivity index (χ1n) is 11.1. The van der Waals surface area contributed by atoms with Crippen molar-refractivity contribution < 1.29 is 4.79 Å². The first-order valence-corrected chi connectivity index (χ1v) is 11.1. The zero-order chi connectivity index (χ0) is 22.1.